The number of ether oxygens (including phenoxy) is 2. The molecule has 24 heavy (non-hydrogen) atoms. The van der Waals surface area contributed by atoms with Crippen LogP contribution in [0.4, 0.5) is 0 Å². The van der Waals surface area contributed by atoms with Gasteiger partial charge in [0.1, 0.15) is 5.75 Å². The molecule has 0 amide bonds. The fourth-order valence-electron chi connectivity index (χ4n) is 2.59. The summed E-state index contributed by atoms with van der Waals surface area (Å²) in [5, 5.41) is 6.82. The lowest BCUT2D eigenvalue weighted by Crippen LogP contribution is -2.47. The summed E-state index contributed by atoms with van der Waals surface area (Å²) in [5.74, 6) is 1.71. The van der Waals surface area contributed by atoms with Crippen molar-refractivity contribution in [3.63, 3.8) is 0 Å². The van der Waals surface area contributed by atoms with Gasteiger partial charge in [-0.1, -0.05) is 12.1 Å². The summed E-state index contributed by atoms with van der Waals surface area (Å²) in [7, 11) is 3.48. The normalized spacial score (nSPS) is 16.9. The SMILES string of the molecule is CN=C(NCc1ccc(OC)cc1)NCC1(SC)CCOCC1.I. The maximum absolute atomic E-state index is 5.49. The zero-order chi connectivity index (χ0) is 16.5. The Hall–Kier alpha value is -0.670. The number of nitrogens with one attached hydrogen (secondary N) is 2. The van der Waals surface area contributed by atoms with E-state index in [9.17, 15) is 0 Å². The minimum Gasteiger partial charge on any atom is -0.497 e. The predicted octanol–water partition coefficient (Wildman–Crippen LogP) is 2.89. The van der Waals surface area contributed by atoms with Crippen LogP contribution in [0.2, 0.25) is 0 Å². The van der Waals surface area contributed by atoms with Gasteiger partial charge in [-0.05, 0) is 36.8 Å². The van der Waals surface area contributed by atoms with Gasteiger partial charge in [-0.25, -0.2) is 0 Å². The number of guanidine groups is 1. The summed E-state index contributed by atoms with van der Waals surface area (Å²) in [4.78, 5) is 4.32. The van der Waals surface area contributed by atoms with Crippen LogP contribution < -0.4 is 15.4 Å². The highest BCUT2D eigenvalue weighted by Gasteiger charge is 2.31. The number of halogens is 1. The summed E-state index contributed by atoms with van der Waals surface area (Å²) in [6.45, 7) is 3.33. The van der Waals surface area contributed by atoms with E-state index in [1.807, 2.05) is 23.9 Å². The molecule has 1 saturated heterocycles. The first kappa shape index (κ1) is 21.4. The Balaban J connectivity index is 0.00000288. The van der Waals surface area contributed by atoms with Crippen molar-refractivity contribution in [1.82, 2.24) is 10.6 Å². The van der Waals surface area contributed by atoms with Gasteiger partial charge in [0, 0.05) is 38.1 Å². The molecule has 1 aromatic rings. The van der Waals surface area contributed by atoms with Crippen LogP contribution in [0.5, 0.6) is 5.75 Å². The van der Waals surface area contributed by atoms with Crippen LogP contribution in [0.1, 0.15) is 18.4 Å². The zero-order valence-corrected chi connectivity index (χ0v) is 17.8. The Morgan fingerprint density at radius 1 is 1.25 bits per heavy atom. The number of benzene rings is 1. The molecule has 136 valence electrons. The lowest BCUT2D eigenvalue weighted by atomic mass is 9.99. The molecular formula is C17H28IN3O2S. The summed E-state index contributed by atoms with van der Waals surface area (Å²) in [6, 6.07) is 8.05. The first-order valence-corrected chi connectivity index (χ1v) is 9.14. The minimum absolute atomic E-state index is 0. The number of rotatable bonds is 6. The van der Waals surface area contributed by atoms with Crippen molar-refractivity contribution >= 4 is 41.7 Å². The molecule has 0 aromatic heterocycles. The van der Waals surface area contributed by atoms with Crippen LogP contribution in [0.25, 0.3) is 0 Å². The second-order valence-electron chi connectivity index (χ2n) is 5.63. The van der Waals surface area contributed by atoms with E-state index in [1.54, 1.807) is 14.2 Å². The molecule has 0 unspecified atom stereocenters. The second-order valence-corrected chi connectivity index (χ2v) is 6.90. The van der Waals surface area contributed by atoms with Crippen molar-refractivity contribution in [3.05, 3.63) is 29.8 Å². The zero-order valence-electron chi connectivity index (χ0n) is 14.6. The quantitative estimate of drug-likeness (QED) is 0.385. The van der Waals surface area contributed by atoms with E-state index in [1.165, 1.54) is 5.56 Å². The molecule has 7 heteroatoms. The molecule has 0 spiro atoms. The summed E-state index contributed by atoms with van der Waals surface area (Å²) in [5.41, 5.74) is 1.19. The van der Waals surface area contributed by atoms with Crippen molar-refractivity contribution in [2.45, 2.75) is 24.1 Å². The second kappa shape index (κ2) is 11.0. The molecule has 1 aromatic carbocycles. The average molecular weight is 465 g/mol. The number of methoxy groups -OCH3 is 1. The number of thioether (sulfide) groups is 1. The highest BCUT2D eigenvalue weighted by molar-refractivity contribution is 14.0. The van der Waals surface area contributed by atoms with Crippen molar-refractivity contribution < 1.29 is 9.47 Å². The monoisotopic (exact) mass is 465 g/mol. The molecule has 0 bridgehead atoms. The van der Waals surface area contributed by atoms with Crippen molar-refractivity contribution in [2.24, 2.45) is 4.99 Å². The predicted molar refractivity (Wildman–Crippen MR) is 113 cm³/mol. The van der Waals surface area contributed by atoms with Gasteiger partial charge in [0.05, 0.1) is 7.11 Å². The van der Waals surface area contributed by atoms with Gasteiger partial charge in [0.15, 0.2) is 5.96 Å². The Labute approximate surface area is 166 Å². The van der Waals surface area contributed by atoms with Gasteiger partial charge < -0.3 is 20.1 Å². The van der Waals surface area contributed by atoms with E-state index in [0.29, 0.717) is 0 Å². The number of aliphatic imine (C=N–C) groups is 1. The van der Waals surface area contributed by atoms with Gasteiger partial charge in [-0.3, -0.25) is 4.99 Å². The van der Waals surface area contributed by atoms with E-state index in [2.05, 4.69) is 34.0 Å². The Morgan fingerprint density at radius 3 is 2.46 bits per heavy atom. The lowest BCUT2D eigenvalue weighted by molar-refractivity contribution is 0.0783. The molecule has 0 saturated carbocycles. The Bertz CT molecular complexity index is 505. The molecular weight excluding hydrogens is 437 g/mol. The Morgan fingerprint density at radius 2 is 1.92 bits per heavy atom. The van der Waals surface area contributed by atoms with Crippen LogP contribution in [0, 0.1) is 0 Å². The highest BCUT2D eigenvalue weighted by Crippen LogP contribution is 2.32. The van der Waals surface area contributed by atoms with Crippen molar-refractivity contribution in [2.75, 3.05) is 40.2 Å². The van der Waals surface area contributed by atoms with Crippen LogP contribution in [-0.4, -0.2) is 50.9 Å². The Kier molecular flexibility index (Phi) is 9.84. The first-order valence-electron chi connectivity index (χ1n) is 7.92. The van der Waals surface area contributed by atoms with Gasteiger partial charge in [-0.15, -0.1) is 24.0 Å². The van der Waals surface area contributed by atoms with Gasteiger partial charge in [-0.2, -0.15) is 11.8 Å². The minimum atomic E-state index is 0. The molecule has 0 aliphatic carbocycles. The molecule has 1 aliphatic heterocycles. The van der Waals surface area contributed by atoms with E-state index in [0.717, 1.165) is 50.9 Å². The van der Waals surface area contributed by atoms with Crippen LogP contribution in [0.15, 0.2) is 29.3 Å². The standard InChI is InChI=1S/C17H27N3O2S.HI/c1-18-16(19-12-14-4-6-15(21-2)7-5-14)20-13-17(23-3)8-10-22-11-9-17;/h4-7H,8-13H2,1-3H3,(H2,18,19,20);1H. The molecule has 1 aliphatic rings. The van der Waals surface area contributed by atoms with Gasteiger partial charge in [0.2, 0.25) is 0 Å². The van der Waals surface area contributed by atoms with Crippen molar-refractivity contribution in [1.29, 1.82) is 0 Å². The third-order valence-corrected chi connectivity index (χ3v) is 5.68. The fourth-order valence-corrected chi connectivity index (χ4v) is 3.38. The molecule has 5 nitrogen and oxygen atoms in total. The van der Waals surface area contributed by atoms with Gasteiger partial charge in [0.25, 0.3) is 0 Å². The average Bonchev–Trinajstić information content (AvgIpc) is 2.63. The molecule has 2 rings (SSSR count). The maximum atomic E-state index is 5.49. The highest BCUT2D eigenvalue weighted by atomic mass is 127. The topological polar surface area (TPSA) is 54.9 Å². The third kappa shape index (κ3) is 6.33. The number of hydrogen-bond donors (Lipinski definition) is 2. The van der Waals surface area contributed by atoms with Gasteiger partial charge >= 0.3 is 0 Å². The summed E-state index contributed by atoms with van der Waals surface area (Å²) in [6.07, 6.45) is 4.34. The molecule has 0 atom stereocenters. The van der Waals surface area contributed by atoms with E-state index in [4.69, 9.17) is 9.47 Å². The summed E-state index contributed by atoms with van der Waals surface area (Å²) >= 11 is 1.93. The molecule has 1 fully saturated rings. The van der Waals surface area contributed by atoms with Crippen LogP contribution in [-0.2, 0) is 11.3 Å². The molecule has 1 heterocycles. The first-order chi connectivity index (χ1) is 11.2. The fraction of sp³-hybridized carbons (Fsp3) is 0.588. The number of hydrogen-bond acceptors (Lipinski definition) is 4. The smallest absolute Gasteiger partial charge is 0.191 e. The van der Waals surface area contributed by atoms with E-state index >= 15 is 0 Å². The lowest BCUT2D eigenvalue weighted by Gasteiger charge is -2.36. The maximum Gasteiger partial charge on any atom is 0.191 e. The largest absolute Gasteiger partial charge is 0.497 e. The van der Waals surface area contributed by atoms with Crippen LogP contribution >= 0.6 is 35.7 Å². The summed E-state index contributed by atoms with van der Waals surface area (Å²) < 4.78 is 10.9. The number of nitrogens with zero attached hydrogens (tertiary/aromatic N) is 1. The van der Waals surface area contributed by atoms with E-state index in [-0.39, 0.29) is 28.7 Å². The van der Waals surface area contributed by atoms with Crippen molar-refractivity contribution in [3.8, 4) is 5.75 Å². The van der Waals surface area contributed by atoms with E-state index < -0.39 is 0 Å². The third-order valence-electron chi connectivity index (χ3n) is 4.26. The van der Waals surface area contributed by atoms with Crippen LogP contribution in [0.3, 0.4) is 0 Å². The molecule has 2 N–H and O–H groups in total. The molecule has 0 radical (unpaired) electrons.